The number of carbonyl (C=O) groups is 1. The SMILES string of the molecule is CCOC(=O)c1ccc2[nH]c(-c3cccc(Br)c3)cc(=O)c2c1. The van der Waals surface area contributed by atoms with Gasteiger partial charge in [-0.05, 0) is 42.8 Å². The summed E-state index contributed by atoms with van der Waals surface area (Å²) in [5.74, 6) is -0.426. The number of hydrogen-bond donors (Lipinski definition) is 1. The zero-order valence-corrected chi connectivity index (χ0v) is 14.0. The molecule has 1 N–H and O–H groups in total. The van der Waals surface area contributed by atoms with Crippen LogP contribution in [0.2, 0.25) is 0 Å². The maximum Gasteiger partial charge on any atom is 0.338 e. The summed E-state index contributed by atoms with van der Waals surface area (Å²) in [5, 5.41) is 0.467. The lowest BCUT2D eigenvalue weighted by atomic mass is 10.1. The molecule has 0 aliphatic heterocycles. The van der Waals surface area contributed by atoms with Crippen LogP contribution >= 0.6 is 15.9 Å². The van der Waals surface area contributed by atoms with Crippen molar-refractivity contribution in [3.05, 3.63) is 68.8 Å². The number of halogens is 1. The normalized spacial score (nSPS) is 10.7. The molecule has 0 saturated heterocycles. The van der Waals surface area contributed by atoms with Crippen molar-refractivity contribution < 1.29 is 9.53 Å². The van der Waals surface area contributed by atoms with Crippen LogP contribution in [0.1, 0.15) is 17.3 Å². The van der Waals surface area contributed by atoms with Gasteiger partial charge in [0.05, 0.1) is 12.2 Å². The van der Waals surface area contributed by atoms with Gasteiger partial charge in [-0.3, -0.25) is 4.79 Å². The van der Waals surface area contributed by atoms with Crippen LogP contribution in [0.15, 0.2) is 57.8 Å². The quantitative estimate of drug-likeness (QED) is 0.704. The Balaban J connectivity index is 2.11. The Morgan fingerprint density at radius 2 is 2.00 bits per heavy atom. The van der Waals surface area contributed by atoms with Crippen LogP contribution in [0.4, 0.5) is 0 Å². The summed E-state index contributed by atoms with van der Waals surface area (Å²) in [6.07, 6.45) is 0. The molecule has 1 heterocycles. The Hall–Kier alpha value is -2.40. The smallest absolute Gasteiger partial charge is 0.338 e. The van der Waals surface area contributed by atoms with Crippen molar-refractivity contribution in [1.82, 2.24) is 4.98 Å². The standard InChI is InChI=1S/C18H14BrNO3/c1-2-23-18(22)12-6-7-15-14(9-12)17(21)10-16(20-15)11-4-3-5-13(19)8-11/h3-10H,2H2,1H3,(H,20,21). The fourth-order valence-corrected chi connectivity index (χ4v) is 2.80. The second-order valence-electron chi connectivity index (χ2n) is 5.04. The highest BCUT2D eigenvalue weighted by Crippen LogP contribution is 2.22. The van der Waals surface area contributed by atoms with E-state index >= 15 is 0 Å². The molecule has 0 aliphatic rings. The third kappa shape index (κ3) is 3.19. The summed E-state index contributed by atoms with van der Waals surface area (Å²) >= 11 is 3.42. The number of ether oxygens (including phenoxy) is 1. The molecule has 3 rings (SSSR count). The number of H-pyrrole nitrogens is 1. The Labute approximate surface area is 141 Å². The van der Waals surface area contributed by atoms with E-state index in [-0.39, 0.29) is 5.43 Å². The molecule has 5 heteroatoms. The Kier molecular flexibility index (Phi) is 4.30. The van der Waals surface area contributed by atoms with Crippen LogP contribution in [0.25, 0.3) is 22.2 Å². The van der Waals surface area contributed by atoms with E-state index in [0.29, 0.717) is 23.1 Å². The molecule has 0 radical (unpaired) electrons. The molecule has 0 unspecified atom stereocenters. The van der Waals surface area contributed by atoms with Crippen molar-refractivity contribution in [2.24, 2.45) is 0 Å². The summed E-state index contributed by atoms with van der Waals surface area (Å²) in [7, 11) is 0. The van der Waals surface area contributed by atoms with Gasteiger partial charge in [0.25, 0.3) is 0 Å². The first-order chi connectivity index (χ1) is 11.1. The number of carbonyl (C=O) groups excluding carboxylic acids is 1. The molecule has 0 saturated carbocycles. The van der Waals surface area contributed by atoms with Crippen molar-refractivity contribution in [3.8, 4) is 11.3 Å². The molecule has 3 aromatic rings. The largest absolute Gasteiger partial charge is 0.462 e. The fraction of sp³-hybridized carbons (Fsp3) is 0.111. The lowest BCUT2D eigenvalue weighted by Crippen LogP contribution is -2.08. The average molecular weight is 372 g/mol. The van der Waals surface area contributed by atoms with Gasteiger partial charge < -0.3 is 9.72 Å². The second kappa shape index (κ2) is 6.38. The molecule has 116 valence electrons. The van der Waals surface area contributed by atoms with Gasteiger partial charge >= 0.3 is 5.97 Å². The van der Waals surface area contributed by atoms with Gasteiger partial charge in [0.1, 0.15) is 0 Å². The molecule has 0 aliphatic carbocycles. The first-order valence-electron chi connectivity index (χ1n) is 7.18. The molecule has 0 bridgehead atoms. The van der Waals surface area contributed by atoms with Gasteiger partial charge in [-0.1, -0.05) is 28.1 Å². The second-order valence-corrected chi connectivity index (χ2v) is 5.95. The minimum atomic E-state index is -0.426. The topological polar surface area (TPSA) is 59.2 Å². The minimum absolute atomic E-state index is 0.139. The Bertz CT molecular complexity index is 946. The molecule has 1 aromatic heterocycles. The van der Waals surface area contributed by atoms with Crippen LogP contribution < -0.4 is 5.43 Å². The Morgan fingerprint density at radius 3 is 2.74 bits per heavy atom. The van der Waals surface area contributed by atoms with Crippen molar-refractivity contribution in [3.63, 3.8) is 0 Å². The Morgan fingerprint density at radius 1 is 1.17 bits per heavy atom. The van der Waals surface area contributed by atoms with Gasteiger partial charge in [0, 0.05) is 27.1 Å². The molecule has 4 nitrogen and oxygen atoms in total. The number of aromatic amines is 1. The molecular formula is C18H14BrNO3. The zero-order chi connectivity index (χ0) is 16.4. The number of esters is 1. The highest BCUT2D eigenvalue weighted by atomic mass is 79.9. The average Bonchev–Trinajstić information content (AvgIpc) is 2.54. The summed E-state index contributed by atoms with van der Waals surface area (Å²) in [5.41, 5.74) is 2.56. The highest BCUT2D eigenvalue weighted by molar-refractivity contribution is 9.10. The highest BCUT2D eigenvalue weighted by Gasteiger charge is 2.10. The van der Waals surface area contributed by atoms with Crippen molar-refractivity contribution in [1.29, 1.82) is 0 Å². The minimum Gasteiger partial charge on any atom is -0.462 e. The van der Waals surface area contributed by atoms with Crippen LogP contribution in [-0.4, -0.2) is 17.6 Å². The van der Waals surface area contributed by atoms with E-state index in [4.69, 9.17) is 4.74 Å². The van der Waals surface area contributed by atoms with Gasteiger partial charge in [-0.25, -0.2) is 4.79 Å². The summed E-state index contributed by atoms with van der Waals surface area (Å²) in [4.78, 5) is 27.4. The van der Waals surface area contributed by atoms with E-state index in [1.165, 1.54) is 0 Å². The van der Waals surface area contributed by atoms with Crippen LogP contribution in [-0.2, 0) is 4.74 Å². The van der Waals surface area contributed by atoms with Crippen LogP contribution in [0.3, 0.4) is 0 Å². The number of pyridine rings is 1. The van der Waals surface area contributed by atoms with E-state index in [9.17, 15) is 9.59 Å². The maximum absolute atomic E-state index is 12.4. The monoisotopic (exact) mass is 371 g/mol. The van der Waals surface area contributed by atoms with E-state index in [0.717, 1.165) is 15.7 Å². The molecule has 0 fully saturated rings. The number of nitrogens with one attached hydrogen (secondary N) is 1. The maximum atomic E-state index is 12.4. The lowest BCUT2D eigenvalue weighted by Gasteiger charge is -2.07. The van der Waals surface area contributed by atoms with Crippen LogP contribution in [0, 0.1) is 0 Å². The van der Waals surface area contributed by atoms with Crippen molar-refractivity contribution >= 4 is 32.8 Å². The third-order valence-electron chi connectivity index (χ3n) is 3.48. The van der Waals surface area contributed by atoms with Crippen LogP contribution in [0.5, 0.6) is 0 Å². The summed E-state index contributed by atoms with van der Waals surface area (Å²) in [6.45, 7) is 2.05. The summed E-state index contributed by atoms with van der Waals surface area (Å²) in [6, 6.07) is 14.2. The van der Waals surface area contributed by atoms with Gasteiger partial charge in [-0.15, -0.1) is 0 Å². The molecule has 0 atom stereocenters. The van der Waals surface area contributed by atoms with Crippen molar-refractivity contribution in [2.75, 3.05) is 6.61 Å². The molecule has 0 amide bonds. The van der Waals surface area contributed by atoms with E-state index in [1.807, 2.05) is 24.3 Å². The van der Waals surface area contributed by atoms with Gasteiger partial charge in [0.15, 0.2) is 5.43 Å². The zero-order valence-electron chi connectivity index (χ0n) is 12.4. The number of hydrogen-bond acceptors (Lipinski definition) is 3. The predicted octanol–water partition coefficient (Wildman–Crippen LogP) is 4.13. The molecule has 2 aromatic carbocycles. The third-order valence-corrected chi connectivity index (χ3v) is 3.97. The molecular weight excluding hydrogens is 358 g/mol. The molecule has 23 heavy (non-hydrogen) atoms. The number of benzene rings is 2. The lowest BCUT2D eigenvalue weighted by molar-refractivity contribution is 0.0526. The number of fused-ring (bicyclic) bond motifs is 1. The van der Waals surface area contributed by atoms with E-state index < -0.39 is 5.97 Å². The number of aromatic nitrogens is 1. The van der Waals surface area contributed by atoms with Gasteiger partial charge in [-0.2, -0.15) is 0 Å². The number of rotatable bonds is 3. The first kappa shape index (κ1) is 15.5. The first-order valence-corrected chi connectivity index (χ1v) is 7.98. The fourth-order valence-electron chi connectivity index (χ4n) is 2.40. The van der Waals surface area contributed by atoms with Crippen molar-refractivity contribution in [2.45, 2.75) is 6.92 Å². The van der Waals surface area contributed by atoms with E-state index in [1.54, 1.807) is 31.2 Å². The molecule has 0 spiro atoms. The summed E-state index contributed by atoms with van der Waals surface area (Å²) < 4.78 is 5.91. The predicted molar refractivity (Wildman–Crippen MR) is 93.7 cm³/mol. The van der Waals surface area contributed by atoms with Gasteiger partial charge in [0.2, 0.25) is 0 Å². The van der Waals surface area contributed by atoms with E-state index in [2.05, 4.69) is 20.9 Å².